The van der Waals surface area contributed by atoms with Crippen LogP contribution in [0.5, 0.6) is 0 Å². The average molecular weight is 425 g/mol. The fourth-order valence-corrected chi connectivity index (χ4v) is 4.26. The molecule has 2 aliphatic rings. The van der Waals surface area contributed by atoms with Crippen molar-refractivity contribution in [2.75, 3.05) is 19.4 Å². The number of carbonyl (C=O) groups is 3. The maximum absolute atomic E-state index is 13.0. The van der Waals surface area contributed by atoms with Gasteiger partial charge in [-0.3, -0.25) is 14.4 Å². The fraction of sp³-hybridized carbons (Fsp3) is 0.455. The third-order valence-electron chi connectivity index (χ3n) is 5.88. The lowest BCUT2D eigenvalue weighted by Crippen LogP contribution is -2.39. The van der Waals surface area contributed by atoms with Gasteiger partial charge in [-0.25, -0.2) is 4.98 Å². The van der Waals surface area contributed by atoms with Gasteiger partial charge in [-0.2, -0.15) is 0 Å². The summed E-state index contributed by atoms with van der Waals surface area (Å²) in [6.07, 6.45) is 4.00. The summed E-state index contributed by atoms with van der Waals surface area (Å²) >= 11 is 0. The van der Waals surface area contributed by atoms with Crippen molar-refractivity contribution in [2.24, 2.45) is 0 Å². The molecule has 2 aromatic rings. The fourth-order valence-electron chi connectivity index (χ4n) is 4.26. The Bertz CT molecular complexity index is 1010. The molecule has 0 radical (unpaired) electrons. The molecule has 9 heteroatoms. The molecular weight excluding hydrogens is 398 g/mol. The quantitative estimate of drug-likeness (QED) is 0.672. The van der Waals surface area contributed by atoms with Gasteiger partial charge >= 0.3 is 5.97 Å². The summed E-state index contributed by atoms with van der Waals surface area (Å²) in [4.78, 5) is 47.7. The van der Waals surface area contributed by atoms with Crippen LogP contribution in [0.1, 0.15) is 52.4 Å². The lowest BCUT2D eigenvalue weighted by molar-refractivity contribution is -0.141. The van der Waals surface area contributed by atoms with E-state index in [0.717, 1.165) is 42.8 Å². The summed E-state index contributed by atoms with van der Waals surface area (Å²) in [7, 11) is 3.37. The number of carboxylic acid groups (broad SMARTS) is 1. The first kappa shape index (κ1) is 20.9. The Balaban J connectivity index is 1.50. The maximum atomic E-state index is 13.0. The number of hydrogen-bond donors (Lipinski definition) is 3. The Kier molecular flexibility index (Phi) is 5.67. The number of benzene rings is 1. The SMILES string of the molecule is CN(Cc1nc2c([nH]1)CCCC2)C(=O)c1ccc2c(c1)CN(C)C(=O)[C@H](CC(=O)O)N2. The molecule has 0 spiro atoms. The maximum Gasteiger partial charge on any atom is 0.305 e. The lowest BCUT2D eigenvalue weighted by Gasteiger charge is -2.19. The number of aromatic amines is 1. The number of rotatable bonds is 5. The van der Waals surface area contributed by atoms with Crippen LogP contribution in [-0.4, -0.2) is 62.8 Å². The highest BCUT2D eigenvalue weighted by molar-refractivity contribution is 5.95. The highest BCUT2D eigenvalue weighted by atomic mass is 16.4. The van der Waals surface area contributed by atoms with Crippen LogP contribution in [0.4, 0.5) is 5.69 Å². The Morgan fingerprint density at radius 3 is 2.81 bits per heavy atom. The first-order valence-electron chi connectivity index (χ1n) is 10.5. The first-order valence-corrected chi connectivity index (χ1v) is 10.5. The summed E-state index contributed by atoms with van der Waals surface area (Å²) in [5, 5.41) is 12.1. The second-order valence-corrected chi connectivity index (χ2v) is 8.34. The Hall–Kier alpha value is -3.36. The number of nitrogens with one attached hydrogen (secondary N) is 2. The topological polar surface area (TPSA) is 119 Å². The molecule has 1 aromatic carbocycles. The molecule has 0 fully saturated rings. The van der Waals surface area contributed by atoms with E-state index in [-0.39, 0.29) is 18.2 Å². The number of likely N-dealkylation sites (N-methyl/N-ethyl adjacent to an activating group) is 1. The third-order valence-corrected chi connectivity index (χ3v) is 5.88. The predicted molar refractivity (Wildman–Crippen MR) is 114 cm³/mol. The van der Waals surface area contributed by atoms with Crippen molar-refractivity contribution in [3.63, 3.8) is 0 Å². The van der Waals surface area contributed by atoms with Gasteiger partial charge in [-0.05, 0) is 49.4 Å². The third kappa shape index (κ3) is 4.40. The zero-order valence-corrected chi connectivity index (χ0v) is 17.8. The number of aromatic nitrogens is 2. The minimum absolute atomic E-state index is 0.141. The Labute approximate surface area is 180 Å². The summed E-state index contributed by atoms with van der Waals surface area (Å²) in [5.74, 6) is -0.681. The molecule has 0 saturated carbocycles. The second-order valence-electron chi connectivity index (χ2n) is 8.34. The molecule has 1 aliphatic heterocycles. The predicted octanol–water partition coefficient (Wildman–Crippen LogP) is 1.79. The number of carbonyl (C=O) groups excluding carboxylic acids is 2. The van der Waals surface area contributed by atoms with Gasteiger partial charge in [-0.1, -0.05) is 0 Å². The highest BCUT2D eigenvalue weighted by Gasteiger charge is 2.29. The minimum atomic E-state index is -1.05. The summed E-state index contributed by atoms with van der Waals surface area (Å²) < 4.78 is 0. The monoisotopic (exact) mass is 425 g/mol. The van der Waals surface area contributed by atoms with Crippen LogP contribution >= 0.6 is 0 Å². The van der Waals surface area contributed by atoms with Gasteiger partial charge in [-0.15, -0.1) is 0 Å². The van der Waals surface area contributed by atoms with E-state index in [1.807, 2.05) is 0 Å². The Morgan fingerprint density at radius 2 is 2.06 bits per heavy atom. The molecule has 0 bridgehead atoms. The van der Waals surface area contributed by atoms with Crippen molar-refractivity contribution < 1.29 is 19.5 Å². The van der Waals surface area contributed by atoms with E-state index in [2.05, 4.69) is 15.3 Å². The van der Waals surface area contributed by atoms with Crippen LogP contribution in [0.15, 0.2) is 18.2 Å². The van der Waals surface area contributed by atoms with E-state index < -0.39 is 12.0 Å². The molecule has 164 valence electrons. The summed E-state index contributed by atoms with van der Waals surface area (Å²) in [5.41, 5.74) is 4.25. The number of carboxylic acids is 1. The highest BCUT2D eigenvalue weighted by Crippen LogP contribution is 2.26. The van der Waals surface area contributed by atoms with Gasteiger partial charge in [0.15, 0.2) is 0 Å². The molecule has 9 nitrogen and oxygen atoms in total. The number of fused-ring (bicyclic) bond motifs is 2. The van der Waals surface area contributed by atoms with Crippen LogP contribution in [0.2, 0.25) is 0 Å². The second kappa shape index (κ2) is 8.41. The number of nitrogens with zero attached hydrogens (tertiary/aromatic N) is 3. The van der Waals surface area contributed by atoms with Crippen LogP contribution in [0.25, 0.3) is 0 Å². The van der Waals surface area contributed by atoms with Gasteiger partial charge in [0.25, 0.3) is 5.91 Å². The van der Waals surface area contributed by atoms with Crippen LogP contribution in [-0.2, 0) is 35.5 Å². The van der Waals surface area contributed by atoms with Crippen molar-refractivity contribution in [3.05, 3.63) is 46.5 Å². The van der Waals surface area contributed by atoms with Gasteiger partial charge in [0, 0.05) is 37.6 Å². The molecule has 1 aliphatic carbocycles. The number of anilines is 1. The summed E-state index contributed by atoms with van der Waals surface area (Å²) in [6.45, 7) is 0.688. The van der Waals surface area contributed by atoms with Gasteiger partial charge in [0.2, 0.25) is 5.91 Å². The molecule has 31 heavy (non-hydrogen) atoms. The molecule has 2 amide bonds. The van der Waals surface area contributed by atoms with E-state index in [4.69, 9.17) is 5.11 Å². The van der Waals surface area contributed by atoms with Crippen molar-refractivity contribution in [1.82, 2.24) is 19.8 Å². The van der Waals surface area contributed by atoms with Gasteiger partial charge in [0.05, 0.1) is 18.7 Å². The average Bonchev–Trinajstić information content (AvgIpc) is 3.10. The van der Waals surface area contributed by atoms with Crippen LogP contribution in [0.3, 0.4) is 0 Å². The largest absolute Gasteiger partial charge is 0.481 e. The molecule has 0 unspecified atom stereocenters. The number of aryl methyl sites for hydroxylation is 2. The summed E-state index contributed by atoms with van der Waals surface area (Å²) in [6, 6.07) is 4.37. The minimum Gasteiger partial charge on any atom is -0.481 e. The van der Waals surface area contributed by atoms with E-state index in [1.165, 1.54) is 10.6 Å². The van der Waals surface area contributed by atoms with E-state index >= 15 is 0 Å². The zero-order chi connectivity index (χ0) is 22.1. The molecule has 4 rings (SSSR count). The van der Waals surface area contributed by atoms with E-state index in [1.54, 1.807) is 37.2 Å². The van der Waals surface area contributed by atoms with Crippen molar-refractivity contribution >= 4 is 23.5 Å². The van der Waals surface area contributed by atoms with E-state index in [0.29, 0.717) is 24.3 Å². The number of aliphatic carboxylic acids is 1. The number of hydrogen-bond acceptors (Lipinski definition) is 5. The smallest absolute Gasteiger partial charge is 0.305 e. The van der Waals surface area contributed by atoms with Crippen LogP contribution < -0.4 is 5.32 Å². The first-order chi connectivity index (χ1) is 14.8. The Morgan fingerprint density at radius 1 is 1.29 bits per heavy atom. The molecule has 1 aromatic heterocycles. The zero-order valence-electron chi connectivity index (χ0n) is 17.8. The molecule has 1 atom stereocenters. The molecular formula is C22H27N5O4. The van der Waals surface area contributed by atoms with E-state index in [9.17, 15) is 14.4 Å². The number of H-pyrrole nitrogens is 1. The lowest BCUT2D eigenvalue weighted by atomic mass is 10.0. The molecule has 2 heterocycles. The van der Waals surface area contributed by atoms with Gasteiger partial charge in [0.1, 0.15) is 11.9 Å². The number of amides is 2. The van der Waals surface area contributed by atoms with Crippen molar-refractivity contribution in [1.29, 1.82) is 0 Å². The molecule has 3 N–H and O–H groups in total. The normalized spacial score (nSPS) is 17.9. The number of imidazole rings is 1. The molecule has 0 saturated heterocycles. The standard InChI is InChI=1S/C22H27N5O4/c1-26-11-14-9-13(7-8-15(14)23-18(22(26)31)10-20(28)29)21(30)27(2)12-19-24-16-5-3-4-6-17(16)25-19/h7-9,18,23H,3-6,10-12H2,1-2H3,(H,24,25)(H,28,29)/t18-/m0/s1. The van der Waals surface area contributed by atoms with Crippen molar-refractivity contribution in [2.45, 2.75) is 51.2 Å². The van der Waals surface area contributed by atoms with Crippen LogP contribution in [0, 0.1) is 0 Å². The van der Waals surface area contributed by atoms with Gasteiger partial charge < -0.3 is 25.2 Å². The van der Waals surface area contributed by atoms with Crippen molar-refractivity contribution in [3.8, 4) is 0 Å².